The van der Waals surface area contributed by atoms with Crippen LogP contribution in [0, 0.1) is 11.8 Å². The van der Waals surface area contributed by atoms with E-state index >= 15 is 0 Å². The summed E-state index contributed by atoms with van der Waals surface area (Å²) in [6.07, 6.45) is 6.94. The Hall–Kier alpha value is -0.900. The lowest BCUT2D eigenvalue weighted by Gasteiger charge is -2.32. The van der Waals surface area contributed by atoms with Crippen LogP contribution in [0.5, 0.6) is 0 Å². The molecule has 4 heteroatoms. The Balaban J connectivity index is 1.77. The largest absolute Gasteiger partial charge is 0.307 e. The Kier molecular flexibility index (Phi) is 3.93. The average Bonchev–Trinajstić information content (AvgIpc) is 2.79. The Morgan fingerprint density at radius 3 is 3.06 bits per heavy atom. The minimum atomic E-state index is 0.659. The second-order valence-corrected chi connectivity index (χ2v) is 5.18. The van der Waals surface area contributed by atoms with Crippen LogP contribution >= 0.6 is 0 Å². The van der Waals surface area contributed by atoms with Gasteiger partial charge in [-0.05, 0) is 24.7 Å². The van der Waals surface area contributed by atoms with Gasteiger partial charge in [0, 0.05) is 6.04 Å². The van der Waals surface area contributed by atoms with Gasteiger partial charge in [-0.15, -0.1) is 0 Å². The van der Waals surface area contributed by atoms with Gasteiger partial charge in [-0.25, -0.2) is 4.98 Å². The lowest BCUT2D eigenvalue weighted by Crippen LogP contribution is -2.35. The number of aromatic amines is 1. The molecule has 1 aromatic rings. The minimum Gasteiger partial charge on any atom is -0.307 e. The highest BCUT2D eigenvalue weighted by Gasteiger charge is 2.23. The summed E-state index contributed by atoms with van der Waals surface area (Å²) in [4.78, 5) is 4.13. The molecule has 1 aromatic heterocycles. The fraction of sp³-hybridized carbons (Fsp3) is 0.833. The molecule has 0 spiro atoms. The maximum absolute atomic E-state index is 4.13. The first kappa shape index (κ1) is 11.6. The zero-order valence-electron chi connectivity index (χ0n) is 10.2. The molecule has 1 heterocycles. The minimum absolute atomic E-state index is 0.659. The van der Waals surface area contributed by atoms with E-state index in [9.17, 15) is 0 Å². The summed E-state index contributed by atoms with van der Waals surface area (Å²) in [5, 5.41) is 10.3. The summed E-state index contributed by atoms with van der Waals surface area (Å²) >= 11 is 0. The van der Waals surface area contributed by atoms with Crippen LogP contribution in [0.1, 0.15) is 45.4 Å². The molecule has 4 nitrogen and oxygen atoms in total. The van der Waals surface area contributed by atoms with E-state index in [1.54, 1.807) is 6.33 Å². The van der Waals surface area contributed by atoms with Gasteiger partial charge in [0.15, 0.2) is 0 Å². The van der Waals surface area contributed by atoms with Crippen LogP contribution in [-0.4, -0.2) is 21.2 Å². The smallest absolute Gasteiger partial charge is 0.138 e. The van der Waals surface area contributed by atoms with E-state index in [-0.39, 0.29) is 0 Å². The molecule has 0 saturated heterocycles. The van der Waals surface area contributed by atoms with Gasteiger partial charge in [0.25, 0.3) is 0 Å². The quantitative estimate of drug-likeness (QED) is 0.820. The Morgan fingerprint density at radius 2 is 2.38 bits per heavy atom. The molecule has 90 valence electrons. The highest BCUT2D eigenvalue weighted by atomic mass is 15.2. The lowest BCUT2D eigenvalue weighted by atomic mass is 9.79. The molecule has 1 aliphatic rings. The first-order chi connectivity index (χ1) is 7.75. The SMILES string of the molecule is CC(C)C1CCCC(NCc2ncn[nH]2)C1. The number of H-pyrrole nitrogens is 1. The van der Waals surface area contributed by atoms with E-state index in [0.717, 1.165) is 24.2 Å². The van der Waals surface area contributed by atoms with Crippen molar-refractivity contribution in [1.29, 1.82) is 0 Å². The van der Waals surface area contributed by atoms with Crippen molar-refractivity contribution in [1.82, 2.24) is 20.5 Å². The molecule has 2 atom stereocenters. The van der Waals surface area contributed by atoms with Crippen molar-refractivity contribution >= 4 is 0 Å². The summed E-state index contributed by atoms with van der Waals surface area (Å²) in [7, 11) is 0. The van der Waals surface area contributed by atoms with Crippen LogP contribution in [0.15, 0.2) is 6.33 Å². The third-order valence-corrected chi connectivity index (χ3v) is 3.68. The third kappa shape index (κ3) is 3.04. The molecule has 0 bridgehead atoms. The van der Waals surface area contributed by atoms with Gasteiger partial charge in [0.05, 0.1) is 6.54 Å². The monoisotopic (exact) mass is 222 g/mol. The van der Waals surface area contributed by atoms with Crippen molar-refractivity contribution in [2.24, 2.45) is 11.8 Å². The first-order valence-corrected chi connectivity index (χ1v) is 6.33. The molecule has 2 unspecified atom stereocenters. The number of aromatic nitrogens is 3. The fourth-order valence-electron chi connectivity index (χ4n) is 2.58. The highest BCUT2D eigenvalue weighted by molar-refractivity contribution is 4.84. The van der Waals surface area contributed by atoms with Crippen LogP contribution in [0.25, 0.3) is 0 Å². The number of rotatable bonds is 4. The van der Waals surface area contributed by atoms with Crippen molar-refractivity contribution in [3.8, 4) is 0 Å². The second kappa shape index (κ2) is 5.43. The zero-order chi connectivity index (χ0) is 11.4. The van der Waals surface area contributed by atoms with Crippen LogP contribution in [0.3, 0.4) is 0 Å². The van der Waals surface area contributed by atoms with E-state index < -0.39 is 0 Å². The van der Waals surface area contributed by atoms with Crippen LogP contribution in [0.4, 0.5) is 0 Å². The molecule has 16 heavy (non-hydrogen) atoms. The van der Waals surface area contributed by atoms with Gasteiger partial charge in [-0.3, -0.25) is 5.10 Å². The Morgan fingerprint density at radius 1 is 1.50 bits per heavy atom. The molecule has 1 aliphatic carbocycles. The second-order valence-electron chi connectivity index (χ2n) is 5.18. The highest BCUT2D eigenvalue weighted by Crippen LogP contribution is 2.29. The van der Waals surface area contributed by atoms with Crippen LogP contribution in [-0.2, 0) is 6.54 Å². The lowest BCUT2D eigenvalue weighted by molar-refractivity contribution is 0.230. The average molecular weight is 222 g/mol. The van der Waals surface area contributed by atoms with Crippen molar-refractivity contribution in [3.63, 3.8) is 0 Å². The number of nitrogens with zero attached hydrogens (tertiary/aromatic N) is 2. The topological polar surface area (TPSA) is 53.6 Å². The number of hydrogen-bond donors (Lipinski definition) is 2. The normalized spacial score (nSPS) is 26.2. The summed E-state index contributed by atoms with van der Waals surface area (Å²) in [5.74, 6) is 2.64. The maximum Gasteiger partial charge on any atom is 0.138 e. The van der Waals surface area contributed by atoms with E-state index in [2.05, 4.69) is 34.3 Å². The fourth-order valence-corrected chi connectivity index (χ4v) is 2.58. The van der Waals surface area contributed by atoms with E-state index in [1.807, 2.05) is 0 Å². The zero-order valence-corrected chi connectivity index (χ0v) is 10.2. The van der Waals surface area contributed by atoms with E-state index in [4.69, 9.17) is 0 Å². The standard InChI is InChI=1S/C12H22N4/c1-9(2)10-4-3-5-11(6-10)13-7-12-14-8-15-16-12/h8-11,13H,3-7H2,1-2H3,(H,14,15,16). The first-order valence-electron chi connectivity index (χ1n) is 6.33. The summed E-state index contributed by atoms with van der Waals surface area (Å²) in [6, 6.07) is 0.659. The molecule has 2 rings (SSSR count). The third-order valence-electron chi connectivity index (χ3n) is 3.68. The Labute approximate surface area is 97.2 Å². The summed E-state index contributed by atoms with van der Waals surface area (Å²) in [5.41, 5.74) is 0. The molecule has 0 aliphatic heterocycles. The van der Waals surface area contributed by atoms with Crippen LogP contribution in [0.2, 0.25) is 0 Å². The maximum atomic E-state index is 4.13. The predicted molar refractivity (Wildman–Crippen MR) is 63.8 cm³/mol. The molecule has 0 radical (unpaired) electrons. The van der Waals surface area contributed by atoms with E-state index in [0.29, 0.717) is 6.04 Å². The number of nitrogens with one attached hydrogen (secondary N) is 2. The van der Waals surface area contributed by atoms with Gasteiger partial charge in [-0.1, -0.05) is 26.7 Å². The summed E-state index contributed by atoms with van der Waals surface area (Å²) < 4.78 is 0. The van der Waals surface area contributed by atoms with Gasteiger partial charge >= 0.3 is 0 Å². The van der Waals surface area contributed by atoms with Gasteiger partial charge in [-0.2, -0.15) is 5.10 Å². The predicted octanol–water partition coefficient (Wildman–Crippen LogP) is 2.11. The Bertz CT molecular complexity index is 294. The van der Waals surface area contributed by atoms with E-state index in [1.165, 1.54) is 25.7 Å². The molecule has 1 fully saturated rings. The molecule has 0 aromatic carbocycles. The number of hydrogen-bond acceptors (Lipinski definition) is 3. The van der Waals surface area contributed by atoms with Crippen molar-refractivity contribution < 1.29 is 0 Å². The van der Waals surface area contributed by atoms with Crippen molar-refractivity contribution in [3.05, 3.63) is 12.2 Å². The van der Waals surface area contributed by atoms with Gasteiger partial charge in [0.2, 0.25) is 0 Å². The van der Waals surface area contributed by atoms with Crippen LogP contribution < -0.4 is 5.32 Å². The molecule has 2 N–H and O–H groups in total. The van der Waals surface area contributed by atoms with Crippen molar-refractivity contribution in [2.45, 2.75) is 52.1 Å². The molecule has 1 saturated carbocycles. The molecular weight excluding hydrogens is 200 g/mol. The van der Waals surface area contributed by atoms with Gasteiger partial charge < -0.3 is 5.32 Å². The molecule has 0 amide bonds. The molecular formula is C12H22N4. The van der Waals surface area contributed by atoms with Gasteiger partial charge in [0.1, 0.15) is 12.2 Å². The van der Waals surface area contributed by atoms with Crippen molar-refractivity contribution in [2.75, 3.05) is 0 Å². The summed E-state index contributed by atoms with van der Waals surface area (Å²) in [6.45, 7) is 5.49.